The first-order chi connectivity index (χ1) is 12.8. The molecular formula is C20H18N3O3S-. The van der Waals surface area contributed by atoms with E-state index < -0.39 is 5.97 Å². The van der Waals surface area contributed by atoms with E-state index in [1.807, 2.05) is 50.2 Å². The summed E-state index contributed by atoms with van der Waals surface area (Å²) in [7, 11) is 3.93. The second-order valence-electron chi connectivity index (χ2n) is 6.26. The molecule has 27 heavy (non-hydrogen) atoms. The highest BCUT2D eigenvalue weighted by Gasteiger charge is 2.24. The van der Waals surface area contributed by atoms with E-state index in [4.69, 9.17) is 0 Å². The fourth-order valence-corrected chi connectivity index (χ4v) is 3.30. The van der Waals surface area contributed by atoms with E-state index in [0.29, 0.717) is 15.8 Å². The summed E-state index contributed by atoms with van der Waals surface area (Å²) in [5.41, 5.74) is 3.32. The van der Waals surface area contributed by atoms with Crippen LogP contribution in [0.2, 0.25) is 0 Å². The number of aryl methyl sites for hydroxylation is 1. The Hall–Kier alpha value is -3.06. The topological polar surface area (TPSA) is 84.8 Å². The van der Waals surface area contributed by atoms with Gasteiger partial charge in [-0.15, -0.1) is 0 Å². The van der Waals surface area contributed by atoms with Crippen molar-refractivity contribution in [1.82, 2.24) is 5.32 Å². The summed E-state index contributed by atoms with van der Waals surface area (Å²) in [6.45, 7) is 1.82. The normalized spacial score (nSPS) is 16.6. The molecule has 1 heterocycles. The van der Waals surface area contributed by atoms with Crippen LogP contribution in [0, 0.1) is 6.92 Å². The Balaban J connectivity index is 1.84. The van der Waals surface area contributed by atoms with Crippen molar-refractivity contribution in [3.8, 4) is 0 Å². The number of carbonyl (C=O) groups is 2. The third-order valence-corrected chi connectivity index (χ3v) is 4.93. The molecule has 1 N–H and O–H groups in total. The molecule has 0 saturated carbocycles. The monoisotopic (exact) mass is 380 g/mol. The highest BCUT2D eigenvalue weighted by atomic mass is 32.2. The molecule has 0 radical (unpaired) electrons. The van der Waals surface area contributed by atoms with E-state index in [0.717, 1.165) is 16.8 Å². The van der Waals surface area contributed by atoms with E-state index in [9.17, 15) is 14.7 Å². The summed E-state index contributed by atoms with van der Waals surface area (Å²) in [6, 6.07) is 12.4. The summed E-state index contributed by atoms with van der Waals surface area (Å²) >= 11 is 1.22. The number of benzene rings is 2. The number of nitrogens with one attached hydrogen (secondary N) is 1. The molecule has 1 aliphatic rings. The third-order valence-electron chi connectivity index (χ3n) is 4.02. The molecule has 2 aromatic rings. The number of hydrogen-bond donors (Lipinski definition) is 1. The van der Waals surface area contributed by atoms with Crippen LogP contribution in [0.5, 0.6) is 0 Å². The van der Waals surface area contributed by atoms with E-state index in [1.54, 1.807) is 12.1 Å². The molecule has 138 valence electrons. The second kappa shape index (κ2) is 7.67. The van der Waals surface area contributed by atoms with Crippen molar-refractivity contribution in [2.24, 2.45) is 4.99 Å². The van der Waals surface area contributed by atoms with Crippen LogP contribution < -0.4 is 15.3 Å². The molecule has 0 aromatic heterocycles. The molecule has 1 saturated heterocycles. The van der Waals surface area contributed by atoms with Crippen molar-refractivity contribution in [1.29, 1.82) is 0 Å². The number of carboxylic acids is 1. The first-order valence-electron chi connectivity index (χ1n) is 8.22. The number of amidine groups is 1. The predicted molar refractivity (Wildman–Crippen MR) is 107 cm³/mol. The average Bonchev–Trinajstić information content (AvgIpc) is 2.96. The molecule has 1 amide bonds. The van der Waals surface area contributed by atoms with Crippen molar-refractivity contribution < 1.29 is 14.7 Å². The lowest BCUT2D eigenvalue weighted by Gasteiger charge is -2.11. The smallest absolute Gasteiger partial charge is 0.264 e. The molecule has 1 fully saturated rings. The molecule has 0 atom stereocenters. The van der Waals surface area contributed by atoms with Crippen molar-refractivity contribution in [3.63, 3.8) is 0 Å². The van der Waals surface area contributed by atoms with Crippen LogP contribution >= 0.6 is 11.8 Å². The van der Waals surface area contributed by atoms with Crippen LogP contribution in [0.1, 0.15) is 21.5 Å². The minimum atomic E-state index is -1.26. The average molecular weight is 380 g/mol. The maximum atomic E-state index is 12.2. The number of hydrogen-bond acceptors (Lipinski definition) is 6. The van der Waals surface area contributed by atoms with Crippen LogP contribution in [0.3, 0.4) is 0 Å². The zero-order valence-corrected chi connectivity index (χ0v) is 16.0. The number of anilines is 1. The quantitative estimate of drug-likeness (QED) is 0.823. The van der Waals surface area contributed by atoms with E-state index in [1.165, 1.54) is 23.9 Å². The number of aliphatic imine (C=N–C) groups is 1. The van der Waals surface area contributed by atoms with Gasteiger partial charge in [0.25, 0.3) is 5.91 Å². The van der Waals surface area contributed by atoms with Crippen LogP contribution in [0.4, 0.5) is 11.4 Å². The van der Waals surface area contributed by atoms with Gasteiger partial charge in [-0.3, -0.25) is 4.79 Å². The van der Waals surface area contributed by atoms with Crippen molar-refractivity contribution in [3.05, 3.63) is 64.1 Å². The first-order valence-corrected chi connectivity index (χ1v) is 9.04. The first kappa shape index (κ1) is 18.7. The molecule has 0 unspecified atom stereocenters. The Morgan fingerprint density at radius 3 is 2.52 bits per heavy atom. The minimum Gasteiger partial charge on any atom is -0.545 e. The molecular weight excluding hydrogens is 362 g/mol. The zero-order chi connectivity index (χ0) is 19.6. The van der Waals surface area contributed by atoms with E-state index in [-0.39, 0.29) is 11.5 Å². The highest BCUT2D eigenvalue weighted by Crippen LogP contribution is 2.29. The van der Waals surface area contributed by atoms with Gasteiger partial charge in [-0.25, -0.2) is 4.99 Å². The Morgan fingerprint density at radius 2 is 1.89 bits per heavy atom. The molecule has 3 rings (SSSR count). The molecule has 0 bridgehead atoms. The number of nitrogens with zero attached hydrogens (tertiary/aromatic N) is 2. The number of carbonyl (C=O) groups excluding carboxylic acids is 2. The van der Waals surface area contributed by atoms with Gasteiger partial charge < -0.3 is 20.1 Å². The lowest BCUT2D eigenvalue weighted by molar-refractivity contribution is -0.255. The van der Waals surface area contributed by atoms with Gasteiger partial charge in [-0.2, -0.15) is 0 Å². The Kier molecular flexibility index (Phi) is 5.32. The summed E-state index contributed by atoms with van der Waals surface area (Å²) in [6.07, 6.45) is 1.80. The fourth-order valence-electron chi connectivity index (χ4n) is 2.47. The van der Waals surface area contributed by atoms with Gasteiger partial charge in [0.2, 0.25) is 0 Å². The Labute approximate surface area is 161 Å². The number of carboxylic acid groups (broad SMARTS) is 1. The standard InChI is InChI=1S/C20H19N3O3S/c1-12-4-7-14(19(25)26)11-16(12)21-20-22-18(24)17(27-20)10-13-5-8-15(9-6-13)23(2)3/h4-11H,1-3H3,(H,25,26)(H,21,22,24)/p-1/b17-10-. The van der Waals surface area contributed by atoms with Gasteiger partial charge in [-0.1, -0.05) is 24.3 Å². The second-order valence-corrected chi connectivity index (χ2v) is 7.29. The summed E-state index contributed by atoms with van der Waals surface area (Å²) in [5, 5.41) is 14.2. The maximum absolute atomic E-state index is 12.2. The predicted octanol–water partition coefficient (Wildman–Crippen LogP) is 2.32. The van der Waals surface area contributed by atoms with Crippen LogP contribution in [-0.2, 0) is 4.79 Å². The molecule has 1 aliphatic heterocycles. The number of thioether (sulfide) groups is 1. The largest absolute Gasteiger partial charge is 0.545 e. The molecule has 7 heteroatoms. The maximum Gasteiger partial charge on any atom is 0.264 e. The SMILES string of the molecule is Cc1ccc(C(=O)[O-])cc1N=C1NC(=O)/C(=C/c2ccc(N(C)C)cc2)S1. The lowest BCUT2D eigenvalue weighted by atomic mass is 10.1. The van der Waals surface area contributed by atoms with Gasteiger partial charge in [0.05, 0.1) is 16.6 Å². The number of aromatic carboxylic acids is 1. The third kappa shape index (κ3) is 4.38. The molecule has 6 nitrogen and oxygen atoms in total. The lowest BCUT2D eigenvalue weighted by Crippen LogP contribution is -2.22. The van der Waals surface area contributed by atoms with Crippen molar-refractivity contribution in [2.75, 3.05) is 19.0 Å². The Bertz CT molecular complexity index is 963. The summed E-state index contributed by atoms with van der Waals surface area (Å²) in [5.74, 6) is -1.49. The van der Waals surface area contributed by atoms with E-state index in [2.05, 4.69) is 10.3 Å². The van der Waals surface area contributed by atoms with Gasteiger partial charge in [-0.05, 0) is 59.7 Å². The highest BCUT2D eigenvalue weighted by molar-refractivity contribution is 8.18. The van der Waals surface area contributed by atoms with Gasteiger partial charge in [0.15, 0.2) is 5.17 Å². The van der Waals surface area contributed by atoms with Crippen LogP contribution in [0.25, 0.3) is 6.08 Å². The van der Waals surface area contributed by atoms with E-state index >= 15 is 0 Å². The van der Waals surface area contributed by atoms with Gasteiger partial charge in [0, 0.05) is 19.8 Å². The molecule has 2 aromatic carbocycles. The molecule has 0 aliphatic carbocycles. The van der Waals surface area contributed by atoms with Crippen LogP contribution in [-0.4, -0.2) is 31.1 Å². The zero-order valence-electron chi connectivity index (χ0n) is 15.1. The number of rotatable bonds is 4. The minimum absolute atomic E-state index is 0.0472. The van der Waals surface area contributed by atoms with Gasteiger partial charge >= 0.3 is 0 Å². The summed E-state index contributed by atoms with van der Waals surface area (Å²) in [4.78, 5) is 30.2. The van der Waals surface area contributed by atoms with Crippen molar-refractivity contribution in [2.45, 2.75) is 6.92 Å². The number of amides is 1. The van der Waals surface area contributed by atoms with Crippen molar-refractivity contribution >= 4 is 46.3 Å². The molecule has 0 spiro atoms. The van der Waals surface area contributed by atoms with Crippen LogP contribution in [0.15, 0.2) is 52.4 Å². The van der Waals surface area contributed by atoms with Gasteiger partial charge in [0.1, 0.15) is 0 Å². The Morgan fingerprint density at radius 1 is 1.19 bits per heavy atom. The fraction of sp³-hybridized carbons (Fsp3) is 0.150. The summed E-state index contributed by atoms with van der Waals surface area (Å²) < 4.78 is 0.